The maximum absolute atomic E-state index is 12.8. The first-order valence-electron chi connectivity index (χ1n) is 34.0. The van der Waals surface area contributed by atoms with Crippen LogP contribution in [0.1, 0.15) is 322 Å². The average molecular weight is 1140 g/mol. The highest BCUT2D eigenvalue weighted by atomic mass is 31.2. The summed E-state index contributed by atoms with van der Waals surface area (Å²) in [5.74, 6) is -0.843. The van der Waals surface area contributed by atoms with Gasteiger partial charge in [0.25, 0.3) is 7.82 Å². The van der Waals surface area contributed by atoms with Crippen LogP contribution in [-0.2, 0) is 32.7 Å². The van der Waals surface area contributed by atoms with Crippen LogP contribution in [0.2, 0.25) is 0 Å². The number of phosphoric ester groups is 1. The van der Waals surface area contributed by atoms with Crippen molar-refractivity contribution in [2.24, 2.45) is 0 Å². The van der Waals surface area contributed by atoms with Gasteiger partial charge in [-0.2, -0.15) is 0 Å². The predicted octanol–water partition coefficient (Wildman–Crippen LogP) is 21.2. The second-order valence-electron chi connectivity index (χ2n) is 24.2. The molecule has 0 saturated heterocycles. The number of phosphoric acid groups is 1. The molecule has 468 valence electrons. The topological polar surface area (TPSA) is 111 Å². The molecule has 2 atom stereocenters. The molecule has 0 heterocycles. The third-order valence-corrected chi connectivity index (χ3v) is 16.0. The molecule has 2 unspecified atom stereocenters. The Morgan fingerprint density at radius 2 is 0.713 bits per heavy atom. The zero-order chi connectivity index (χ0) is 58.4. The third-order valence-electron chi connectivity index (χ3n) is 15.0. The fourth-order valence-corrected chi connectivity index (χ4v) is 10.6. The van der Waals surface area contributed by atoms with E-state index in [9.17, 15) is 19.0 Å². The largest absolute Gasteiger partial charge is 0.756 e. The number of allylic oxidation sites excluding steroid dienone is 10. The Balaban J connectivity index is 3.84. The van der Waals surface area contributed by atoms with Gasteiger partial charge in [-0.3, -0.25) is 14.2 Å². The highest BCUT2D eigenvalue weighted by Gasteiger charge is 2.22. The Bertz CT molecular complexity index is 1530. The maximum Gasteiger partial charge on any atom is 0.306 e. The predicted molar refractivity (Wildman–Crippen MR) is 342 cm³/mol. The number of hydrogen-bond acceptors (Lipinski definition) is 8. The van der Waals surface area contributed by atoms with Crippen molar-refractivity contribution in [3.8, 4) is 0 Å². The first-order valence-corrected chi connectivity index (χ1v) is 35.5. The molecule has 0 amide bonds. The smallest absolute Gasteiger partial charge is 0.306 e. The van der Waals surface area contributed by atoms with Gasteiger partial charge in [0.15, 0.2) is 6.10 Å². The van der Waals surface area contributed by atoms with E-state index in [2.05, 4.69) is 74.6 Å². The zero-order valence-corrected chi connectivity index (χ0v) is 54.2. The molecular weight excluding hydrogens is 1010 g/mol. The van der Waals surface area contributed by atoms with Crippen molar-refractivity contribution in [1.82, 2.24) is 0 Å². The monoisotopic (exact) mass is 1140 g/mol. The maximum atomic E-state index is 12.8. The summed E-state index contributed by atoms with van der Waals surface area (Å²) in [6.07, 6.45) is 80.5. The van der Waals surface area contributed by atoms with Crippen LogP contribution < -0.4 is 4.89 Å². The molecule has 9 nitrogen and oxygen atoms in total. The first kappa shape index (κ1) is 77.7. The summed E-state index contributed by atoms with van der Waals surface area (Å²) in [7, 11) is 1.16. The van der Waals surface area contributed by atoms with Crippen molar-refractivity contribution in [3.63, 3.8) is 0 Å². The molecule has 0 aliphatic carbocycles. The summed E-state index contributed by atoms with van der Waals surface area (Å²) in [5, 5.41) is 0. The van der Waals surface area contributed by atoms with E-state index in [1.165, 1.54) is 212 Å². The van der Waals surface area contributed by atoms with E-state index in [4.69, 9.17) is 18.5 Å². The van der Waals surface area contributed by atoms with Crippen LogP contribution >= 0.6 is 7.82 Å². The Morgan fingerprint density at radius 3 is 1.06 bits per heavy atom. The van der Waals surface area contributed by atoms with Gasteiger partial charge in [0.1, 0.15) is 19.8 Å². The van der Waals surface area contributed by atoms with Gasteiger partial charge in [-0.1, -0.05) is 293 Å². The SMILES string of the molecule is CC/C=C\C/C=C\C/C=C\CCCCCCCC(=O)OC(COC(=O)CCCCCCCCCCCCCCCCCCCCCCCCCCCCCCC/C=C\C/C=C\CCCCCCC)COP(=O)([O-])OCC[N+](C)(C)C. The van der Waals surface area contributed by atoms with E-state index in [0.29, 0.717) is 17.4 Å². The van der Waals surface area contributed by atoms with Gasteiger partial charge < -0.3 is 27.9 Å². The number of carbonyl (C=O) groups excluding carboxylic acids is 2. The van der Waals surface area contributed by atoms with E-state index in [1.807, 2.05) is 21.1 Å². The summed E-state index contributed by atoms with van der Waals surface area (Å²) in [6.45, 7) is 4.12. The lowest BCUT2D eigenvalue weighted by molar-refractivity contribution is -0.870. The second kappa shape index (κ2) is 61.3. The molecule has 80 heavy (non-hydrogen) atoms. The number of esters is 2. The standard InChI is InChI=1S/C70H130NO8P/c1-6-8-10-12-14-16-18-20-22-23-24-25-26-27-28-29-30-31-32-33-34-35-36-37-38-39-40-41-42-43-44-45-46-47-49-50-52-54-56-58-60-62-69(72)76-66-68(67-78-80(74,75)77-65-64-71(3,4)5)79-70(73)63-61-59-57-55-53-51-48-21-19-17-15-13-11-9-7-2/h9,11,15,17-18,20-21,23-24,48,68H,6-8,10,12-14,16,19,22,25-47,49-67H2,1-5H3/b11-9-,17-15-,20-18-,24-23-,48-21-. The summed E-state index contributed by atoms with van der Waals surface area (Å²) >= 11 is 0. The van der Waals surface area contributed by atoms with Crippen molar-refractivity contribution >= 4 is 19.8 Å². The van der Waals surface area contributed by atoms with E-state index >= 15 is 0 Å². The molecule has 0 N–H and O–H groups in total. The van der Waals surface area contributed by atoms with Gasteiger partial charge in [0.2, 0.25) is 0 Å². The highest BCUT2D eigenvalue weighted by Crippen LogP contribution is 2.38. The van der Waals surface area contributed by atoms with Crippen molar-refractivity contribution in [2.75, 3.05) is 47.5 Å². The molecule has 0 aliphatic rings. The zero-order valence-electron chi connectivity index (χ0n) is 53.3. The molecule has 0 fully saturated rings. The van der Waals surface area contributed by atoms with Crippen LogP contribution in [0.3, 0.4) is 0 Å². The van der Waals surface area contributed by atoms with Crippen molar-refractivity contribution in [1.29, 1.82) is 0 Å². The lowest BCUT2D eigenvalue weighted by Crippen LogP contribution is -2.37. The van der Waals surface area contributed by atoms with E-state index in [0.717, 1.165) is 77.0 Å². The number of carbonyl (C=O) groups is 2. The normalized spacial score (nSPS) is 13.5. The fourth-order valence-electron chi connectivity index (χ4n) is 9.82. The van der Waals surface area contributed by atoms with Crippen LogP contribution in [-0.4, -0.2) is 70.0 Å². The second-order valence-corrected chi connectivity index (χ2v) is 25.6. The summed E-state index contributed by atoms with van der Waals surface area (Å²) in [4.78, 5) is 37.9. The number of hydrogen-bond donors (Lipinski definition) is 0. The van der Waals surface area contributed by atoms with Crippen LogP contribution in [0.5, 0.6) is 0 Å². The Labute approximate surface area is 496 Å². The van der Waals surface area contributed by atoms with E-state index in [-0.39, 0.29) is 32.0 Å². The molecule has 0 saturated carbocycles. The van der Waals surface area contributed by atoms with E-state index in [1.54, 1.807) is 0 Å². The number of unbranched alkanes of at least 4 members (excludes halogenated alkanes) is 39. The minimum atomic E-state index is -4.64. The highest BCUT2D eigenvalue weighted by molar-refractivity contribution is 7.45. The van der Waals surface area contributed by atoms with Gasteiger partial charge in [-0.25, -0.2) is 0 Å². The van der Waals surface area contributed by atoms with Gasteiger partial charge >= 0.3 is 11.9 Å². The number of nitrogens with zero attached hydrogens (tertiary/aromatic N) is 1. The van der Waals surface area contributed by atoms with E-state index < -0.39 is 26.5 Å². The minimum Gasteiger partial charge on any atom is -0.756 e. The molecule has 0 rings (SSSR count). The summed E-state index contributed by atoms with van der Waals surface area (Å²) in [5.41, 5.74) is 0. The van der Waals surface area contributed by atoms with Gasteiger partial charge in [0, 0.05) is 12.8 Å². The summed E-state index contributed by atoms with van der Waals surface area (Å²) < 4.78 is 34.2. The number of likely N-dealkylation sites (N-methyl/N-ethyl adjacent to an activating group) is 1. The van der Waals surface area contributed by atoms with Crippen molar-refractivity contribution in [3.05, 3.63) is 60.8 Å². The molecule has 0 aromatic rings. The van der Waals surface area contributed by atoms with Crippen molar-refractivity contribution in [2.45, 2.75) is 328 Å². The molecule has 10 heteroatoms. The molecule has 0 aliphatic heterocycles. The fraction of sp³-hybridized carbons (Fsp3) is 0.829. The van der Waals surface area contributed by atoms with Crippen LogP contribution in [0.4, 0.5) is 0 Å². The molecule has 0 radical (unpaired) electrons. The molecular formula is C70H130NO8P. The first-order chi connectivity index (χ1) is 39.0. The minimum absolute atomic E-state index is 0.0345. The number of rotatable bonds is 63. The number of ether oxygens (including phenoxy) is 2. The van der Waals surface area contributed by atoms with Crippen LogP contribution in [0.25, 0.3) is 0 Å². The average Bonchev–Trinajstić information content (AvgIpc) is 3.42. The number of quaternary nitrogens is 1. The molecule has 0 bridgehead atoms. The quantitative estimate of drug-likeness (QED) is 0.0195. The van der Waals surface area contributed by atoms with Crippen LogP contribution in [0, 0.1) is 0 Å². The summed E-state index contributed by atoms with van der Waals surface area (Å²) in [6, 6.07) is 0. The van der Waals surface area contributed by atoms with Crippen LogP contribution in [0.15, 0.2) is 60.8 Å². The Kier molecular flexibility index (Phi) is 59.5. The molecule has 0 spiro atoms. The van der Waals surface area contributed by atoms with Gasteiger partial charge in [-0.05, 0) is 77.0 Å². The lowest BCUT2D eigenvalue weighted by atomic mass is 10.0. The van der Waals surface area contributed by atoms with Gasteiger partial charge in [0.05, 0.1) is 27.7 Å². The lowest BCUT2D eigenvalue weighted by Gasteiger charge is -2.28. The third kappa shape index (κ3) is 64.9. The Hall–Kier alpha value is -2.29. The van der Waals surface area contributed by atoms with Gasteiger partial charge in [-0.15, -0.1) is 0 Å². The molecule has 0 aromatic heterocycles. The Morgan fingerprint density at radius 1 is 0.400 bits per heavy atom. The molecule has 0 aromatic carbocycles. The van der Waals surface area contributed by atoms with Crippen molar-refractivity contribution < 1.29 is 42.1 Å².